The summed E-state index contributed by atoms with van der Waals surface area (Å²) in [5, 5.41) is 10.1. The standard InChI is InChI=1S/C94H179N5O4/c1-3-5-7-9-11-13-15-17-19-21-23-25-27-29-31-33-35-37-39-41-42-44-46-48-50-52-54-56-58-60-62-64-66-68-70-72-74-76-78-90-88-92(101)99(94(90)103)86-84-97-82-80-95-79-81-96-83-85-98-91(100)87-89(93(98)102)77-75-73-71-69-67-65-63-61-59-57-55-53-51-49-47-45-43-40-38-36-34-32-30-28-26-24-22-20-18-16-14-12-10-8-6-4-2/h75-78,89-90,95-97H,3-74,79-88H2,1-2H3/b77-75+,78-76+. The zero-order valence-corrected chi connectivity index (χ0v) is 69.5. The van der Waals surface area contributed by atoms with E-state index in [1.807, 2.05) is 12.2 Å². The molecule has 0 spiro atoms. The monoisotopic (exact) mass is 1440 g/mol. The summed E-state index contributed by atoms with van der Waals surface area (Å²) in [5.41, 5.74) is 0. The summed E-state index contributed by atoms with van der Waals surface area (Å²) in [6, 6.07) is 0. The topological polar surface area (TPSA) is 111 Å². The van der Waals surface area contributed by atoms with Gasteiger partial charge in [0.2, 0.25) is 23.6 Å². The maximum absolute atomic E-state index is 13.0. The predicted octanol–water partition coefficient (Wildman–Crippen LogP) is 27.7. The van der Waals surface area contributed by atoms with Crippen molar-refractivity contribution in [2.45, 2.75) is 489 Å². The molecule has 2 aliphatic heterocycles. The SMILES string of the molecule is CCCCCCCCCCCCCCCCCCCCCCCCCCCCCCCCCCCC/C=C/C1CC(=O)N(CCNCCNCCNCCN2C(=O)CC(/C=C/CCCCCCCCCCCCCCCCCCCCCCCCCCCCCCCCCCCCCC)C2=O)C1=O. The van der Waals surface area contributed by atoms with Gasteiger partial charge >= 0.3 is 0 Å². The normalized spacial score (nSPS) is 15.1. The van der Waals surface area contributed by atoms with Crippen LogP contribution in [0.3, 0.4) is 0 Å². The minimum atomic E-state index is -0.309. The number of carbonyl (C=O) groups excluding carboxylic acids is 4. The van der Waals surface area contributed by atoms with Crippen LogP contribution in [0.4, 0.5) is 0 Å². The molecule has 0 bridgehead atoms. The van der Waals surface area contributed by atoms with Crippen LogP contribution in [0.25, 0.3) is 0 Å². The Bertz CT molecular complexity index is 1870. The quantitative estimate of drug-likeness (QED) is 0.0316. The second-order valence-electron chi connectivity index (χ2n) is 33.1. The fourth-order valence-electron chi connectivity index (χ4n) is 16.2. The average Bonchev–Trinajstić information content (AvgIpc) is 1.71. The molecule has 9 heteroatoms. The van der Waals surface area contributed by atoms with Gasteiger partial charge in [0.15, 0.2) is 0 Å². The van der Waals surface area contributed by atoms with Gasteiger partial charge in [0, 0.05) is 65.2 Å². The van der Waals surface area contributed by atoms with Crippen molar-refractivity contribution < 1.29 is 19.2 Å². The number of likely N-dealkylation sites (tertiary alicyclic amines) is 2. The maximum atomic E-state index is 13.0. The molecule has 0 radical (unpaired) electrons. The summed E-state index contributed by atoms with van der Waals surface area (Å²) in [5.74, 6) is -0.849. The Morgan fingerprint density at radius 2 is 0.388 bits per heavy atom. The van der Waals surface area contributed by atoms with Crippen molar-refractivity contribution in [3.8, 4) is 0 Å². The smallest absolute Gasteiger partial charge is 0.236 e. The number of imide groups is 2. The number of hydrogen-bond acceptors (Lipinski definition) is 7. The third-order valence-electron chi connectivity index (χ3n) is 23.2. The van der Waals surface area contributed by atoms with Crippen molar-refractivity contribution in [2.24, 2.45) is 11.8 Å². The zero-order chi connectivity index (χ0) is 73.6. The van der Waals surface area contributed by atoms with E-state index >= 15 is 0 Å². The number of hydrogen-bond donors (Lipinski definition) is 3. The molecule has 3 N–H and O–H groups in total. The van der Waals surface area contributed by atoms with Crippen molar-refractivity contribution in [1.29, 1.82) is 0 Å². The van der Waals surface area contributed by atoms with Gasteiger partial charge in [-0.15, -0.1) is 0 Å². The van der Waals surface area contributed by atoms with Gasteiger partial charge < -0.3 is 16.0 Å². The van der Waals surface area contributed by atoms with Gasteiger partial charge in [0.25, 0.3) is 0 Å². The van der Waals surface area contributed by atoms with E-state index in [1.165, 1.54) is 446 Å². The Balaban J connectivity index is 1.24. The molecule has 2 atom stereocenters. The van der Waals surface area contributed by atoms with Crippen LogP contribution < -0.4 is 16.0 Å². The van der Waals surface area contributed by atoms with E-state index in [4.69, 9.17) is 0 Å². The number of amides is 4. The number of carbonyl (C=O) groups is 4. The Hall–Kier alpha value is -2.36. The Morgan fingerprint density at radius 3 is 0.563 bits per heavy atom. The van der Waals surface area contributed by atoms with Gasteiger partial charge in [-0.3, -0.25) is 29.0 Å². The lowest BCUT2D eigenvalue weighted by Gasteiger charge is -2.15. The first kappa shape index (κ1) is 96.7. The van der Waals surface area contributed by atoms with E-state index in [0.29, 0.717) is 39.0 Å². The highest BCUT2D eigenvalue weighted by molar-refractivity contribution is 6.05. The van der Waals surface area contributed by atoms with E-state index in [1.54, 1.807) is 0 Å². The first-order chi connectivity index (χ1) is 51.0. The lowest BCUT2D eigenvalue weighted by atomic mass is 10.0. The summed E-state index contributed by atoms with van der Waals surface area (Å²) in [4.78, 5) is 54.3. The second kappa shape index (κ2) is 79.2. The third kappa shape index (κ3) is 64.2. The van der Waals surface area contributed by atoms with Crippen LogP contribution in [0.1, 0.15) is 489 Å². The van der Waals surface area contributed by atoms with Crippen molar-refractivity contribution in [1.82, 2.24) is 25.8 Å². The number of rotatable bonds is 86. The second-order valence-corrected chi connectivity index (χ2v) is 33.1. The zero-order valence-electron chi connectivity index (χ0n) is 69.5. The van der Waals surface area contributed by atoms with Crippen molar-refractivity contribution in [3.63, 3.8) is 0 Å². The molecule has 0 aromatic carbocycles. The van der Waals surface area contributed by atoms with E-state index in [2.05, 4.69) is 41.9 Å². The van der Waals surface area contributed by atoms with Crippen LogP contribution in [0.2, 0.25) is 0 Å². The molecule has 2 saturated heterocycles. The highest BCUT2D eigenvalue weighted by Crippen LogP contribution is 2.25. The first-order valence-electron chi connectivity index (χ1n) is 47.1. The summed E-state index contributed by atoms with van der Waals surface area (Å²) in [6.07, 6.45) is 111. The molecule has 2 aliphatic rings. The Labute approximate surface area is 642 Å². The molecule has 103 heavy (non-hydrogen) atoms. The van der Waals surface area contributed by atoms with Crippen LogP contribution in [0.15, 0.2) is 24.3 Å². The van der Waals surface area contributed by atoms with Crippen LogP contribution >= 0.6 is 0 Å². The minimum Gasteiger partial charge on any atom is -0.314 e. The molecular formula is C94H179N5O4. The summed E-state index contributed by atoms with van der Waals surface area (Å²) in [6.45, 7) is 9.62. The molecule has 0 aliphatic carbocycles. The van der Waals surface area contributed by atoms with E-state index in [0.717, 1.165) is 51.9 Å². The molecular weight excluding hydrogens is 1260 g/mol. The highest BCUT2D eigenvalue weighted by atomic mass is 16.2. The van der Waals surface area contributed by atoms with Crippen LogP contribution in [-0.4, -0.2) is 85.8 Å². The fraction of sp³-hybridized carbons (Fsp3) is 0.915. The minimum absolute atomic E-state index is 0.0549. The molecule has 2 heterocycles. The maximum Gasteiger partial charge on any atom is 0.236 e. The van der Waals surface area contributed by atoms with Crippen LogP contribution in [0, 0.1) is 11.8 Å². The molecule has 604 valence electrons. The molecule has 2 unspecified atom stereocenters. The highest BCUT2D eigenvalue weighted by Gasteiger charge is 2.37. The molecule has 2 fully saturated rings. The first-order valence-corrected chi connectivity index (χ1v) is 47.1. The number of unbranched alkanes of at least 4 members (excludes halogenated alkanes) is 70. The van der Waals surface area contributed by atoms with Crippen molar-refractivity contribution >= 4 is 23.6 Å². The van der Waals surface area contributed by atoms with Gasteiger partial charge in [-0.25, -0.2) is 0 Å². The van der Waals surface area contributed by atoms with E-state index in [-0.39, 0.29) is 35.5 Å². The summed E-state index contributed by atoms with van der Waals surface area (Å²) in [7, 11) is 0. The molecule has 2 rings (SSSR count). The van der Waals surface area contributed by atoms with Gasteiger partial charge in [-0.1, -0.05) is 475 Å². The van der Waals surface area contributed by atoms with E-state index < -0.39 is 0 Å². The number of nitrogens with zero attached hydrogens (tertiary/aromatic N) is 2. The van der Waals surface area contributed by atoms with Crippen molar-refractivity contribution in [3.05, 3.63) is 24.3 Å². The van der Waals surface area contributed by atoms with Gasteiger partial charge in [0.1, 0.15) is 0 Å². The van der Waals surface area contributed by atoms with Gasteiger partial charge in [-0.2, -0.15) is 0 Å². The van der Waals surface area contributed by atoms with Crippen molar-refractivity contribution in [2.75, 3.05) is 52.4 Å². The van der Waals surface area contributed by atoms with Gasteiger partial charge in [0.05, 0.1) is 11.8 Å². The number of allylic oxidation sites excluding steroid dienone is 2. The lowest BCUT2D eigenvalue weighted by molar-refractivity contribution is -0.140. The summed E-state index contributed by atoms with van der Waals surface area (Å²) < 4.78 is 0. The molecule has 0 aromatic heterocycles. The molecule has 9 nitrogen and oxygen atoms in total. The summed E-state index contributed by atoms with van der Waals surface area (Å²) >= 11 is 0. The predicted molar refractivity (Wildman–Crippen MR) is 450 cm³/mol. The fourth-order valence-corrected chi connectivity index (χ4v) is 16.2. The largest absolute Gasteiger partial charge is 0.314 e. The molecule has 4 amide bonds. The molecule has 0 saturated carbocycles. The Kier molecular flexibility index (Phi) is 74.4. The number of nitrogens with one attached hydrogen (secondary N) is 3. The van der Waals surface area contributed by atoms with Crippen LogP contribution in [-0.2, 0) is 19.2 Å². The lowest BCUT2D eigenvalue weighted by Crippen LogP contribution is -2.40. The third-order valence-corrected chi connectivity index (χ3v) is 23.2. The molecule has 0 aromatic rings. The Morgan fingerprint density at radius 1 is 0.233 bits per heavy atom. The van der Waals surface area contributed by atoms with Crippen LogP contribution in [0.5, 0.6) is 0 Å². The van der Waals surface area contributed by atoms with E-state index in [9.17, 15) is 19.2 Å². The van der Waals surface area contributed by atoms with Gasteiger partial charge in [-0.05, 0) is 25.7 Å². The average molecular weight is 1440 g/mol.